The smallest absolute Gasteiger partial charge is 0.244 e. The molecule has 0 N–H and O–H groups in total. The van der Waals surface area contributed by atoms with Crippen LogP contribution in [-0.2, 0) is 34.5 Å². The second kappa shape index (κ2) is 7.77. The first-order valence-corrected chi connectivity index (χ1v) is 11.4. The molecule has 0 unspecified atom stereocenters. The maximum absolute atomic E-state index is 12.3. The number of tetrazole rings is 1. The highest BCUT2D eigenvalue weighted by molar-refractivity contribution is 7.12. The third-order valence-electron chi connectivity index (χ3n) is 6.59. The molecule has 0 atom stereocenters. The van der Waals surface area contributed by atoms with Gasteiger partial charge in [-0.05, 0) is 41.3 Å². The fraction of sp³-hybridized carbons (Fsp3) is 0.700. The van der Waals surface area contributed by atoms with Gasteiger partial charge in [0, 0.05) is 54.8 Å². The average Bonchev–Trinajstić information content (AvgIpc) is 3.36. The maximum Gasteiger partial charge on any atom is 0.244 e. The van der Waals surface area contributed by atoms with E-state index in [1.807, 2.05) is 16.2 Å². The van der Waals surface area contributed by atoms with E-state index in [2.05, 4.69) is 33.4 Å². The van der Waals surface area contributed by atoms with Gasteiger partial charge in [0.05, 0.1) is 12.2 Å². The summed E-state index contributed by atoms with van der Waals surface area (Å²) in [7, 11) is 0. The summed E-state index contributed by atoms with van der Waals surface area (Å²) in [6.45, 7) is 8.23. The van der Waals surface area contributed by atoms with E-state index in [0.29, 0.717) is 5.92 Å². The molecule has 29 heavy (non-hydrogen) atoms. The van der Waals surface area contributed by atoms with Gasteiger partial charge in [0.1, 0.15) is 12.9 Å². The molecule has 5 rings (SSSR count). The molecule has 0 aliphatic carbocycles. The summed E-state index contributed by atoms with van der Waals surface area (Å²) in [5.41, 5.74) is 1.43. The van der Waals surface area contributed by atoms with E-state index in [1.54, 1.807) is 4.88 Å². The number of hydrogen-bond donors (Lipinski definition) is 0. The van der Waals surface area contributed by atoms with Crippen LogP contribution >= 0.6 is 11.3 Å². The molecule has 2 aromatic heterocycles. The minimum absolute atomic E-state index is 0.0541. The number of ether oxygens (including phenoxy) is 1. The van der Waals surface area contributed by atoms with Crippen molar-refractivity contribution < 1.29 is 9.53 Å². The predicted octanol–water partition coefficient (Wildman–Crippen LogP) is 1.32. The topological polar surface area (TPSA) is 76.4 Å². The molecule has 1 amide bonds. The lowest BCUT2D eigenvalue weighted by atomic mass is 9.82. The van der Waals surface area contributed by atoms with Crippen LogP contribution in [0.3, 0.4) is 0 Å². The van der Waals surface area contributed by atoms with Gasteiger partial charge in [0.2, 0.25) is 5.91 Å². The number of hydrogen-bond acceptors (Lipinski definition) is 7. The van der Waals surface area contributed by atoms with Crippen molar-refractivity contribution in [3.8, 4) is 0 Å². The summed E-state index contributed by atoms with van der Waals surface area (Å²) in [4.78, 5) is 19.8. The summed E-state index contributed by atoms with van der Waals surface area (Å²) in [5.74, 6) is 0.663. The lowest BCUT2D eigenvalue weighted by Gasteiger charge is -2.47. The normalized spacial score (nSPS) is 21.9. The van der Waals surface area contributed by atoms with E-state index >= 15 is 0 Å². The van der Waals surface area contributed by atoms with Crippen molar-refractivity contribution in [2.45, 2.75) is 44.8 Å². The Morgan fingerprint density at radius 2 is 2.17 bits per heavy atom. The van der Waals surface area contributed by atoms with Gasteiger partial charge < -0.3 is 14.5 Å². The van der Waals surface area contributed by atoms with Crippen molar-refractivity contribution in [2.24, 2.45) is 5.92 Å². The maximum atomic E-state index is 12.3. The molecule has 5 heterocycles. The molecule has 8 nitrogen and oxygen atoms in total. The monoisotopic (exact) mass is 416 g/mol. The van der Waals surface area contributed by atoms with E-state index in [9.17, 15) is 4.79 Å². The van der Waals surface area contributed by atoms with Crippen LogP contribution in [0.15, 0.2) is 12.4 Å². The van der Waals surface area contributed by atoms with Crippen molar-refractivity contribution in [1.82, 2.24) is 30.0 Å². The Morgan fingerprint density at radius 3 is 2.90 bits per heavy atom. The molecular formula is C20H28N6O2S. The molecule has 0 radical (unpaired) electrons. The molecule has 156 valence electrons. The van der Waals surface area contributed by atoms with Crippen molar-refractivity contribution in [3.63, 3.8) is 0 Å². The number of amides is 1. The molecule has 0 saturated carbocycles. The van der Waals surface area contributed by atoms with E-state index < -0.39 is 0 Å². The number of carbonyl (C=O) groups is 1. The zero-order chi connectivity index (χ0) is 19.8. The van der Waals surface area contributed by atoms with Crippen molar-refractivity contribution in [3.05, 3.63) is 27.7 Å². The predicted molar refractivity (Wildman–Crippen MR) is 109 cm³/mol. The molecule has 3 aliphatic heterocycles. The summed E-state index contributed by atoms with van der Waals surface area (Å²) >= 11 is 1.99. The van der Waals surface area contributed by atoms with Crippen LogP contribution in [0.4, 0.5) is 0 Å². The first-order valence-electron chi connectivity index (χ1n) is 10.6. The first-order chi connectivity index (χ1) is 14.1. The van der Waals surface area contributed by atoms with Crippen molar-refractivity contribution in [2.75, 3.05) is 39.3 Å². The molecule has 2 fully saturated rings. The van der Waals surface area contributed by atoms with Crippen LogP contribution in [-0.4, -0.2) is 75.2 Å². The molecule has 3 aliphatic rings. The van der Waals surface area contributed by atoms with Crippen LogP contribution < -0.4 is 0 Å². The Morgan fingerprint density at radius 1 is 1.34 bits per heavy atom. The molecule has 1 spiro atoms. The first kappa shape index (κ1) is 19.1. The zero-order valence-electron chi connectivity index (χ0n) is 16.9. The number of fused-ring (bicyclic) bond motifs is 2. The average molecular weight is 417 g/mol. The Kier molecular flexibility index (Phi) is 5.13. The van der Waals surface area contributed by atoms with Crippen molar-refractivity contribution >= 4 is 17.2 Å². The Bertz CT molecular complexity index is 852. The van der Waals surface area contributed by atoms with Gasteiger partial charge in [0.25, 0.3) is 0 Å². The quantitative estimate of drug-likeness (QED) is 0.732. The van der Waals surface area contributed by atoms with Crippen LogP contribution in [0.1, 0.15) is 35.1 Å². The number of likely N-dealkylation sites (tertiary alicyclic amines) is 2. The lowest BCUT2D eigenvalue weighted by molar-refractivity contribution is -0.139. The zero-order valence-corrected chi connectivity index (χ0v) is 17.7. The number of aromatic nitrogens is 4. The number of aryl methyl sites for hydroxylation is 1. The van der Waals surface area contributed by atoms with Crippen LogP contribution in [0, 0.1) is 5.92 Å². The number of rotatable bonds is 5. The highest BCUT2D eigenvalue weighted by Crippen LogP contribution is 2.44. The Hall–Kier alpha value is -1.84. The van der Waals surface area contributed by atoms with Crippen LogP contribution in [0.2, 0.25) is 0 Å². The minimum atomic E-state index is -0.0541. The van der Waals surface area contributed by atoms with Gasteiger partial charge in [-0.2, -0.15) is 0 Å². The van der Waals surface area contributed by atoms with Gasteiger partial charge >= 0.3 is 0 Å². The Balaban J connectivity index is 1.11. The number of thiophene rings is 1. The molecule has 2 aromatic rings. The fourth-order valence-electron chi connectivity index (χ4n) is 4.90. The fourth-order valence-corrected chi connectivity index (χ4v) is 6.08. The van der Waals surface area contributed by atoms with Crippen LogP contribution in [0.25, 0.3) is 0 Å². The second-order valence-electron chi connectivity index (χ2n) is 8.47. The second-order valence-corrected chi connectivity index (χ2v) is 9.69. The molecule has 0 bridgehead atoms. The third-order valence-corrected chi connectivity index (χ3v) is 7.92. The molecule has 9 heteroatoms. The van der Waals surface area contributed by atoms with E-state index in [-0.39, 0.29) is 18.1 Å². The van der Waals surface area contributed by atoms with Crippen molar-refractivity contribution in [1.29, 1.82) is 0 Å². The van der Waals surface area contributed by atoms with Gasteiger partial charge in [0.15, 0.2) is 0 Å². The molecule has 2 saturated heterocycles. The number of nitrogens with zero attached hydrogens (tertiary/aromatic N) is 6. The van der Waals surface area contributed by atoms with E-state index in [1.165, 1.54) is 21.4 Å². The minimum Gasteiger partial charge on any atom is -0.370 e. The molecular weight excluding hydrogens is 388 g/mol. The van der Waals surface area contributed by atoms with Gasteiger partial charge in [-0.1, -0.05) is 6.92 Å². The van der Waals surface area contributed by atoms with Gasteiger partial charge in [-0.15, -0.1) is 16.4 Å². The number of carbonyl (C=O) groups excluding carboxylic acids is 1. The summed E-state index contributed by atoms with van der Waals surface area (Å²) in [6, 6.07) is 2.41. The summed E-state index contributed by atoms with van der Waals surface area (Å²) in [6.07, 6.45) is 5.82. The highest BCUT2D eigenvalue weighted by Gasteiger charge is 2.42. The SMILES string of the molecule is CCc1cc2c(s1)CCOC21CCN(CC2CN(C(=O)Cn3cnnn3)C2)CC1. The summed E-state index contributed by atoms with van der Waals surface area (Å²) in [5, 5.41) is 10.9. The van der Waals surface area contributed by atoms with Gasteiger partial charge in [-0.3, -0.25) is 4.79 Å². The van der Waals surface area contributed by atoms with Gasteiger partial charge in [-0.25, -0.2) is 4.68 Å². The molecule has 0 aromatic carbocycles. The lowest BCUT2D eigenvalue weighted by Crippen LogP contribution is -2.56. The largest absolute Gasteiger partial charge is 0.370 e. The third kappa shape index (κ3) is 3.71. The standard InChI is InChI=1S/C20H28N6O2S/c1-2-16-9-17-18(29-16)3-8-28-20(17)4-6-24(7-5-20)10-15-11-25(12-15)19(27)13-26-14-21-22-23-26/h9,14-15H,2-8,10-13H2,1H3. The van der Waals surface area contributed by atoms with E-state index in [0.717, 1.165) is 65.0 Å². The van der Waals surface area contributed by atoms with E-state index in [4.69, 9.17) is 4.74 Å². The Labute approximate surface area is 174 Å². The summed E-state index contributed by atoms with van der Waals surface area (Å²) < 4.78 is 7.87. The van der Waals surface area contributed by atoms with Crippen LogP contribution in [0.5, 0.6) is 0 Å². The highest BCUT2D eigenvalue weighted by atomic mass is 32.1. The number of piperidine rings is 1.